The van der Waals surface area contributed by atoms with Gasteiger partial charge in [0.15, 0.2) is 0 Å². The van der Waals surface area contributed by atoms with Crippen LogP contribution in [0.15, 0.2) is 273 Å². The van der Waals surface area contributed by atoms with Crippen molar-refractivity contribution in [2.24, 2.45) is 0 Å². The summed E-state index contributed by atoms with van der Waals surface area (Å²) in [7, 11) is 0. The summed E-state index contributed by atoms with van der Waals surface area (Å²) in [5.41, 5.74) is 19.7. The third-order valence-electron chi connectivity index (χ3n) is 14.2. The quantitative estimate of drug-likeness (QED) is 0.140. The van der Waals surface area contributed by atoms with E-state index in [1.54, 1.807) is 0 Å². The minimum absolute atomic E-state index is 0.620. The van der Waals surface area contributed by atoms with Crippen LogP contribution < -0.4 is 4.90 Å². The van der Waals surface area contributed by atoms with Gasteiger partial charge in [-0.25, -0.2) is 0 Å². The zero-order chi connectivity index (χ0) is 45.7. The number of hydrogen-bond donors (Lipinski definition) is 0. The van der Waals surface area contributed by atoms with E-state index in [0.29, 0.717) is 0 Å². The Morgan fingerprint density at radius 2 is 0.739 bits per heavy atom. The molecule has 1 aromatic heterocycles. The van der Waals surface area contributed by atoms with Gasteiger partial charge in [-0.15, -0.1) is 11.3 Å². The average molecular weight is 896 g/mol. The van der Waals surface area contributed by atoms with Crippen LogP contribution in [-0.2, 0) is 5.41 Å². The Hall–Kier alpha value is -8.56. The van der Waals surface area contributed by atoms with Gasteiger partial charge in [0.25, 0.3) is 0 Å². The maximum absolute atomic E-state index is 2.56. The second kappa shape index (κ2) is 16.9. The molecule has 0 N–H and O–H groups in total. The van der Waals surface area contributed by atoms with Crippen LogP contribution in [0.25, 0.3) is 75.8 Å². The van der Waals surface area contributed by atoms with Crippen LogP contribution in [0.5, 0.6) is 0 Å². The van der Waals surface area contributed by atoms with E-state index in [1.807, 2.05) is 11.3 Å². The first kappa shape index (κ1) is 40.7. The van der Waals surface area contributed by atoms with Gasteiger partial charge in [-0.05, 0) is 109 Å². The molecule has 2 heteroatoms. The lowest BCUT2D eigenvalue weighted by atomic mass is 9.67. The molecule has 1 aliphatic carbocycles. The molecule has 0 bridgehead atoms. The van der Waals surface area contributed by atoms with Gasteiger partial charge >= 0.3 is 0 Å². The molecule has 1 nitrogen and oxygen atoms in total. The predicted molar refractivity (Wildman–Crippen MR) is 293 cm³/mol. The zero-order valence-electron chi connectivity index (χ0n) is 37.8. The zero-order valence-corrected chi connectivity index (χ0v) is 38.7. The van der Waals surface area contributed by atoms with Crippen LogP contribution >= 0.6 is 11.3 Å². The molecule has 11 aromatic carbocycles. The smallest absolute Gasteiger partial charge is 0.0714 e. The fourth-order valence-electron chi connectivity index (χ4n) is 11.0. The highest BCUT2D eigenvalue weighted by Crippen LogP contribution is 2.59. The molecule has 0 aliphatic heterocycles. The summed E-state index contributed by atoms with van der Waals surface area (Å²) in [6, 6.07) is 101. The molecule has 0 fully saturated rings. The molecule has 0 saturated carbocycles. The molecule has 0 amide bonds. The molecule has 1 heterocycles. The highest BCUT2D eigenvalue weighted by Gasteiger charge is 2.46. The lowest BCUT2D eigenvalue weighted by Gasteiger charge is -2.35. The molecule has 324 valence electrons. The second-order valence-corrected chi connectivity index (χ2v) is 19.0. The molecule has 0 radical (unpaired) electrons. The average Bonchev–Trinajstić information content (AvgIpc) is 3.96. The van der Waals surface area contributed by atoms with Crippen LogP contribution in [0, 0.1) is 0 Å². The van der Waals surface area contributed by atoms with Gasteiger partial charge < -0.3 is 4.90 Å². The van der Waals surface area contributed by atoms with Gasteiger partial charge in [0.2, 0.25) is 0 Å². The number of hydrogen-bond acceptors (Lipinski definition) is 2. The number of rotatable bonds is 9. The Balaban J connectivity index is 1.11. The highest BCUT2D eigenvalue weighted by molar-refractivity contribution is 7.26. The molecular formula is C67H45NS. The first-order valence-electron chi connectivity index (χ1n) is 23.7. The third-order valence-corrected chi connectivity index (χ3v) is 15.4. The highest BCUT2D eigenvalue weighted by atomic mass is 32.1. The number of fused-ring (bicyclic) bond motifs is 6. The maximum atomic E-state index is 2.56. The van der Waals surface area contributed by atoms with Crippen molar-refractivity contribution in [2.45, 2.75) is 5.41 Å². The third kappa shape index (κ3) is 6.83. The molecule has 1 aliphatic rings. The predicted octanol–water partition coefficient (Wildman–Crippen LogP) is 18.6. The van der Waals surface area contributed by atoms with Gasteiger partial charge in [0.1, 0.15) is 0 Å². The van der Waals surface area contributed by atoms with Gasteiger partial charge in [-0.3, -0.25) is 0 Å². The number of thiophene rings is 1. The minimum atomic E-state index is -0.620. The normalized spacial score (nSPS) is 12.5. The molecule has 0 spiro atoms. The molecule has 13 rings (SSSR count). The van der Waals surface area contributed by atoms with E-state index < -0.39 is 5.41 Å². The fraction of sp³-hybridized carbons (Fsp3) is 0.0149. The topological polar surface area (TPSA) is 3.24 Å². The monoisotopic (exact) mass is 895 g/mol. The number of nitrogens with zero attached hydrogens (tertiary/aromatic N) is 1. The Morgan fingerprint density at radius 1 is 0.290 bits per heavy atom. The first-order valence-corrected chi connectivity index (χ1v) is 24.6. The van der Waals surface area contributed by atoms with E-state index in [9.17, 15) is 0 Å². The Morgan fingerprint density at radius 3 is 1.36 bits per heavy atom. The van der Waals surface area contributed by atoms with E-state index in [0.717, 1.165) is 33.8 Å². The van der Waals surface area contributed by atoms with E-state index in [2.05, 4.69) is 278 Å². The van der Waals surface area contributed by atoms with Crippen molar-refractivity contribution in [1.29, 1.82) is 0 Å². The van der Waals surface area contributed by atoms with Crippen LogP contribution in [-0.4, -0.2) is 0 Å². The van der Waals surface area contributed by atoms with Crippen molar-refractivity contribution in [2.75, 3.05) is 4.90 Å². The van der Waals surface area contributed by atoms with Crippen molar-refractivity contribution in [1.82, 2.24) is 0 Å². The molecule has 0 unspecified atom stereocenters. The Bertz CT molecular complexity index is 3760. The molecule has 0 atom stereocenters. The molecule has 12 aromatic rings. The van der Waals surface area contributed by atoms with Crippen LogP contribution in [0.4, 0.5) is 17.1 Å². The van der Waals surface area contributed by atoms with E-state index >= 15 is 0 Å². The van der Waals surface area contributed by atoms with Gasteiger partial charge in [-0.1, -0.05) is 237 Å². The number of anilines is 3. The molecule has 69 heavy (non-hydrogen) atoms. The van der Waals surface area contributed by atoms with E-state index in [4.69, 9.17) is 0 Å². The lowest BCUT2D eigenvalue weighted by Crippen LogP contribution is -2.28. The summed E-state index contributed by atoms with van der Waals surface area (Å²) in [4.78, 5) is 2.56. The van der Waals surface area contributed by atoms with Crippen molar-refractivity contribution in [3.8, 4) is 55.6 Å². The second-order valence-electron chi connectivity index (χ2n) is 18.0. The standard InChI is InChI=1S/C67H45NS/c1-6-19-46(20-7-1)49-33-35-50(36-34-49)56-40-37-52(48-23-10-3-11-24-48)44-64(56)68(63-31-18-30-60-59-29-16-17-32-65(59)69-66(60)63)55-39-42-58-57-41-38-51(47-21-8-2-9-22-47)43-61(57)67(62(58)45-55,53-25-12-4-13-26-53)54-27-14-5-15-28-54/h1-45H. The molecule has 0 saturated heterocycles. The summed E-state index contributed by atoms with van der Waals surface area (Å²) < 4.78 is 2.53. The van der Waals surface area contributed by atoms with Gasteiger partial charge in [0.05, 0.1) is 21.5 Å². The summed E-state index contributed by atoms with van der Waals surface area (Å²) in [5.74, 6) is 0. The summed E-state index contributed by atoms with van der Waals surface area (Å²) in [5, 5.41) is 2.54. The summed E-state index contributed by atoms with van der Waals surface area (Å²) >= 11 is 1.87. The van der Waals surface area contributed by atoms with E-state index in [1.165, 1.54) is 81.4 Å². The van der Waals surface area contributed by atoms with Crippen molar-refractivity contribution in [3.63, 3.8) is 0 Å². The fourth-order valence-corrected chi connectivity index (χ4v) is 12.2. The SMILES string of the molecule is c1ccc(-c2ccc(-c3ccc(-c4ccccc4)cc3N(c3ccc4c(c3)C(c3ccccc3)(c3ccccc3)c3cc(-c5ccccc5)ccc3-4)c3cccc4c3sc3ccccc34)cc2)cc1. The van der Waals surface area contributed by atoms with Crippen molar-refractivity contribution in [3.05, 3.63) is 295 Å². The maximum Gasteiger partial charge on any atom is 0.0714 e. The largest absolute Gasteiger partial charge is 0.308 e. The van der Waals surface area contributed by atoms with Crippen LogP contribution in [0.3, 0.4) is 0 Å². The first-order chi connectivity index (χ1) is 34.2. The summed E-state index contributed by atoms with van der Waals surface area (Å²) in [6.45, 7) is 0. The number of benzene rings is 11. The Kier molecular flexibility index (Phi) is 10.00. The Labute approximate surface area is 407 Å². The summed E-state index contributed by atoms with van der Waals surface area (Å²) in [6.07, 6.45) is 0. The lowest BCUT2D eigenvalue weighted by molar-refractivity contribution is 0.768. The molecular weight excluding hydrogens is 851 g/mol. The van der Waals surface area contributed by atoms with Crippen molar-refractivity contribution >= 4 is 48.6 Å². The van der Waals surface area contributed by atoms with Crippen LogP contribution in [0.2, 0.25) is 0 Å². The van der Waals surface area contributed by atoms with Crippen LogP contribution in [0.1, 0.15) is 22.3 Å². The van der Waals surface area contributed by atoms with Gasteiger partial charge in [0, 0.05) is 26.7 Å². The minimum Gasteiger partial charge on any atom is -0.308 e. The van der Waals surface area contributed by atoms with E-state index in [-0.39, 0.29) is 0 Å². The van der Waals surface area contributed by atoms with Gasteiger partial charge in [-0.2, -0.15) is 0 Å². The van der Waals surface area contributed by atoms with Crippen molar-refractivity contribution < 1.29 is 0 Å².